The van der Waals surface area contributed by atoms with Gasteiger partial charge in [0.1, 0.15) is 0 Å². The van der Waals surface area contributed by atoms with Crippen LogP contribution in [-0.2, 0) is 4.74 Å². The third-order valence-corrected chi connectivity index (χ3v) is 4.98. The molecule has 3 rings (SSSR count). The normalized spacial score (nSPS) is 22.9. The smallest absolute Gasteiger partial charge is 0.0594 e. The number of nitrogens with one attached hydrogen (secondary N) is 1. The first-order chi connectivity index (χ1) is 10.3. The van der Waals surface area contributed by atoms with Crippen LogP contribution in [0.15, 0.2) is 18.3 Å². The lowest BCUT2D eigenvalue weighted by molar-refractivity contribution is -0.0318. The molecule has 1 aromatic rings. The van der Waals surface area contributed by atoms with Crippen molar-refractivity contribution in [2.45, 2.75) is 44.6 Å². The highest BCUT2D eigenvalue weighted by atomic mass is 16.5. The van der Waals surface area contributed by atoms with Crippen molar-refractivity contribution in [2.75, 3.05) is 38.2 Å². The Bertz CT molecular complexity index is 451. The number of pyridine rings is 1. The maximum atomic E-state index is 5.54. The Morgan fingerprint density at radius 3 is 2.71 bits per heavy atom. The van der Waals surface area contributed by atoms with Crippen LogP contribution in [0.1, 0.15) is 37.8 Å². The summed E-state index contributed by atoms with van der Waals surface area (Å²) in [6, 6.07) is 4.21. The molecule has 1 aliphatic heterocycles. The van der Waals surface area contributed by atoms with E-state index < -0.39 is 0 Å². The van der Waals surface area contributed by atoms with Gasteiger partial charge in [-0.1, -0.05) is 19.3 Å². The van der Waals surface area contributed by atoms with Crippen molar-refractivity contribution >= 4 is 5.69 Å². The Morgan fingerprint density at radius 1 is 1.24 bits per heavy atom. The molecule has 116 valence electrons. The summed E-state index contributed by atoms with van der Waals surface area (Å²) >= 11 is 0. The Labute approximate surface area is 127 Å². The third kappa shape index (κ3) is 3.55. The minimum atomic E-state index is 0.319. The van der Waals surface area contributed by atoms with Crippen molar-refractivity contribution in [1.29, 1.82) is 0 Å². The van der Waals surface area contributed by atoms with Gasteiger partial charge in [-0.25, -0.2) is 0 Å². The fourth-order valence-electron chi connectivity index (χ4n) is 3.77. The van der Waals surface area contributed by atoms with E-state index in [1.165, 1.54) is 37.8 Å². The van der Waals surface area contributed by atoms with Gasteiger partial charge in [-0.05, 0) is 31.9 Å². The highest BCUT2D eigenvalue weighted by molar-refractivity contribution is 5.43. The van der Waals surface area contributed by atoms with E-state index in [2.05, 4.69) is 27.3 Å². The van der Waals surface area contributed by atoms with Crippen LogP contribution in [0, 0.1) is 6.92 Å². The number of morpholine rings is 1. The van der Waals surface area contributed by atoms with Crippen molar-refractivity contribution in [2.24, 2.45) is 0 Å². The van der Waals surface area contributed by atoms with Gasteiger partial charge in [0, 0.05) is 42.8 Å². The summed E-state index contributed by atoms with van der Waals surface area (Å²) in [6.45, 7) is 7.01. The maximum absolute atomic E-state index is 5.54. The lowest BCUT2D eigenvalue weighted by Crippen LogP contribution is -2.57. The monoisotopic (exact) mass is 289 g/mol. The van der Waals surface area contributed by atoms with E-state index >= 15 is 0 Å². The first kappa shape index (κ1) is 14.8. The molecule has 0 spiro atoms. The zero-order valence-electron chi connectivity index (χ0n) is 13.1. The van der Waals surface area contributed by atoms with E-state index in [-0.39, 0.29) is 0 Å². The first-order valence-corrected chi connectivity index (χ1v) is 8.28. The van der Waals surface area contributed by atoms with Crippen molar-refractivity contribution in [3.63, 3.8) is 0 Å². The highest BCUT2D eigenvalue weighted by Gasteiger charge is 2.38. The van der Waals surface area contributed by atoms with Crippen molar-refractivity contribution in [3.8, 4) is 0 Å². The molecule has 2 fully saturated rings. The summed E-state index contributed by atoms with van der Waals surface area (Å²) in [4.78, 5) is 6.95. The lowest BCUT2D eigenvalue weighted by atomic mass is 9.79. The lowest BCUT2D eigenvalue weighted by Gasteiger charge is -2.48. The van der Waals surface area contributed by atoms with Crippen LogP contribution < -0.4 is 5.32 Å². The largest absolute Gasteiger partial charge is 0.383 e. The number of ether oxygens (including phenoxy) is 1. The van der Waals surface area contributed by atoms with E-state index in [1.54, 1.807) is 0 Å². The van der Waals surface area contributed by atoms with Crippen LogP contribution in [0.25, 0.3) is 0 Å². The molecule has 1 aliphatic carbocycles. The second-order valence-corrected chi connectivity index (χ2v) is 6.42. The predicted molar refractivity (Wildman–Crippen MR) is 85.7 cm³/mol. The van der Waals surface area contributed by atoms with Gasteiger partial charge in [0.05, 0.1) is 13.2 Å². The minimum absolute atomic E-state index is 0.319. The minimum Gasteiger partial charge on any atom is -0.383 e. The fourth-order valence-corrected chi connectivity index (χ4v) is 3.77. The third-order valence-electron chi connectivity index (χ3n) is 4.98. The van der Waals surface area contributed by atoms with Crippen LogP contribution >= 0.6 is 0 Å². The Hall–Kier alpha value is -1.13. The van der Waals surface area contributed by atoms with Gasteiger partial charge >= 0.3 is 0 Å². The second kappa shape index (κ2) is 6.75. The molecule has 0 unspecified atom stereocenters. The molecule has 0 bridgehead atoms. The zero-order valence-corrected chi connectivity index (χ0v) is 13.1. The van der Waals surface area contributed by atoms with Gasteiger partial charge in [-0.15, -0.1) is 0 Å². The number of nitrogens with zero attached hydrogens (tertiary/aromatic N) is 2. The summed E-state index contributed by atoms with van der Waals surface area (Å²) in [5, 5.41) is 3.67. The molecule has 4 heteroatoms. The maximum Gasteiger partial charge on any atom is 0.0594 e. The van der Waals surface area contributed by atoms with Crippen LogP contribution in [0.2, 0.25) is 0 Å². The number of anilines is 1. The summed E-state index contributed by atoms with van der Waals surface area (Å²) in [6.07, 6.45) is 8.61. The van der Waals surface area contributed by atoms with Gasteiger partial charge in [0.2, 0.25) is 0 Å². The number of aromatic nitrogens is 1. The van der Waals surface area contributed by atoms with E-state index in [9.17, 15) is 0 Å². The second-order valence-electron chi connectivity index (χ2n) is 6.42. The highest BCUT2D eigenvalue weighted by Crippen LogP contribution is 2.34. The molecule has 1 saturated carbocycles. The van der Waals surface area contributed by atoms with Gasteiger partial charge in [-0.3, -0.25) is 9.88 Å². The number of rotatable bonds is 4. The quantitative estimate of drug-likeness (QED) is 0.925. The van der Waals surface area contributed by atoms with Crippen molar-refractivity contribution in [3.05, 3.63) is 24.0 Å². The zero-order chi connectivity index (χ0) is 14.5. The molecule has 0 aromatic carbocycles. The summed E-state index contributed by atoms with van der Waals surface area (Å²) in [5.74, 6) is 0. The van der Waals surface area contributed by atoms with Crippen LogP contribution in [0.3, 0.4) is 0 Å². The van der Waals surface area contributed by atoms with E-state index in [1.807, 2.05) is 13.1 Å². The molecule has 1 N–H and O–H groups in total. The van der Waals surface area contributed by atoms with Gasteiger partial charge in [0.15, 0.2) is 0 Å². The number of hydrogen-bond donors (Lipinski definition) is 1. The number of aryl methyl sites for hydroxylation is 1. The fraction of sp³-hybridized carbons (Fsp3) is 0.706. The molecule has 2 aliphatic rings. The average Bonchev–Trinajstić information content (AvgIpc) is 2.55. The molecule has 0 radical (unpaired) electrons. The predicted octanol–water partition coefficient (Wildman–Crippen LogP) is 2.84. The Balaban J connectivity index is 1.69. The summed E-state index contributed by atoms with van der Waals surface area (Å²) in [5.41, 5.74) is 2.59. The molecule has 2 heterocycles. The molecular formula is C17H27N3O. The molecule has 1 aromatic heterocycles. The molecular weight excluding hydrogens is 262 g/mol. The molecule has 0 amide bonds. The van der Waals surface area contributed by atoms with Crippen molar-refractivity contribution < 1.29 is 4.74 Å². The molecule has 1 saturated heterocycles. The van der Waals surface area contributed by atoms with Crippen molar-refractivity contribution in [1.82, 2.24) is 9.88 Å². The SMILES string of the molecule is Cc1cc(NCC2(N3CCOCC3)CCCCC2)ccn1. The standard InChI is InChI=1S/C17H27N3O/c1-15-13-16(5-8-18-15)19-14-17(6-3-2-4-7-17)20-9-11-21-12-10-20/h5,8,13H,2-4,6-7,9-12,14H2,1H3,(H,18,19). The first-order valence-electron chi connectivity index (χ1n) is 8.28. The Morgan fingerprint density at radius 2 is 2.00 bits per heavy atom. The van der Waals surface area contributed by atoms with Gasteiger partial charge < -0.3 is 10.1 Å². The Kier molecular flexibility index (Phi) is 4.76. The topological polar surface area (TPSA) is 37.4 Å². The average molecular weight is 289 g/mol. The summed E-state index contributed by atoms with van der Waals surface area (Å²) < 4.78 is 5.54. The van der Waals surface area contributed by atoms with E-state index in [0.29, 0.717) is 5.54 Å². The summed E-state index contributed by atoms with van der Waals surface area (Å²) in [7, 11) is 0. The molecule has 4 nitrogen and oxygen atoms in total. The molecule has 0 atom stereocenters. The van der Waals surface area contributed by atoms with Gasteiger partial charge in [0.25, 0.3) is 0 Å². The van der Waals surface area contributed by atoms with Crippen LogP contribution in [0.4, 0.5) is 5.69 Å². The van der Waals surface area contributed by atoms with Gasteiger partial charge in [-0.2, -0.15) is 0 Å². The van der Waals surface area contributed by atoms with E-state index in [0.717, 1.165) is 38.5 Å². The number of hydrogen-bond acceptors (Lipinski definition) is 4. The van der Waals surface area contributed by atoms with Crippen LogP contribution in [0.5, 0.6) is 0 Å². The molecule has 21 heavy (non-hydrogen) atoms. The van der Waals surface area contributed by atoms with Crippen LogP contribution in [-0.4, -0.2) is 48.3 Å². The van der Waals surface area contributed by atoms with E-state index in [4.69, 9.17) is 4.74 Å².